The van der Waals surface area contributed by atoms with Crippen LogP contribution < -0.4 is 0 Å². The van der Waals surface area contributed by atoms with E-state index in [0.29, 0.717) is 0 Å². The smallest absolute Gasteiger partial charge is 0.373 e. The molecule has 0 rings (SSSR count). The van der Waals surface area contributed by atoms with Crippen molar-refractivity contribution in [1.29, 1.82) is 0 Å². The molecule has 6 nitrogen and oxygen atoms in total. The Balaban J connectivity index is -0.00000000400. The Labute approximate surface area is 91.1 Å². The third-order valence-electron chi connectivity index (χ3n) is 0. The van der Waals surface area contributed by atoms with E-state index >= 15 is 0 Å². The maximum absolute atomic E-state index is 6.75. The topological polar surface area (TPSA) is 117 Å². The number of hydrogen-bond donors (Lipinski definition) is 0. The van der Waals surface area contributed by atoms with Gasteiger partial charge in [0.2, 0.25) is 0 Å². The molecule has 0 aliphatic heterocycles. The summed E-state index contributed by atoms with van der Waals surface area (Å²) in [5, 5.41) is 0. The molecule has 11 heteroatoms. The fraction of sp³-hybridized carbons (Fsp3) is 0. The van der Waals surface area contributed by atoms with Crippen LogP contribution in [0.5, 0.6) is 0 Å². The van der Waals surface area contributed by atoms with Gasteiger partial charge in [-0.1, -0.05) is 0 Å². The van der Waals surface area contributed by atoms with Gasteiger partial charge in [-0.3, -0.25) is 9.82 Å². The van der Waals surface area contributed by atoms with Crippen LogP contribution in [0.4, 0.5) is 0 Å². The van der Waals surface area contributed by atoms with Gasteiger partial charge in [-0.25, -0.2) is 0 Å². The zero-order valence-electron chi connectivity index (χ0n) is 5.87. The first-order chi connectivity index (χ1) is 2.83. The Hall–Kier alpha value is 0.963. The van der Waals surface area contributed by atoms with Crippen LogP contribution >= 0.6 is 39.6 Å². The van der Waals surface area contributed by atoms with Crippen molar-refractivity contribution in [1.82, 2.24) is 0 Å². The fourth-order valence-corrected chi connectivity index (χ4v) is 0. The second-order valence-electron chi connectivity index (χ2n) is 0.179. The SMILES string of the molecule is P.P.P.P.[N-]=[N+]=[N-].[N-]=[N+]=[N-].[Ru+2]. The summed E-state index contributed by atoms with van der Waals surface area (Å²) in [6, 6.07) is 0. The van der Waals surface area contributed by atoms with Crippen molar-refractivity contribution in [2.45, 2.75) is 0 Å². The van der Waals surface area contributed by atoms with Crippen molar-refractivity contribution < 1.29 is 19.5 Å². The van der Waals surface area contributed by atoms with Crippen LogP contribution in [0, 0.1) is 0 Å². The maximum Gasteiger partial charge on any atom is 2.00 e. The van der Waals surface area contributed by atoms with E-state index in [2.05, 4.69) is 0 Å². The molecular formula is H12N6P4Ru. The molecule has 0 N–H and O–H groups in total. The Bertz CT molecular complexity index is 68.6. The van der Waals surface area contributed by atoms with Gasteiger partial charge in [-0.05, 0) is 0 Å². The predicted molar refractivity (Wildman–Crippen MR) is 64.6 cm³/mol. The van der Waals surface area contributed by atoms with E-state index in [1.165, 1.54) is 9.82 Å². The molecule has 0 aromatic heterocycles. The van der Waals surface area contributed by atoms with E-state index in [0.717, 1.165) is 0 Å². The van der Waals surface area contributed by atoms with Gasteiger partial charge in [0.1, 0.15) is 0 Å². The normalized spacial score (nSPS) is 1.45. The molecule has 70 valence electrons. The summed E-state index contributed by atoms with van der Waals surface area (Å²) in [6.45, 7) is 0. The van der Waals surface area contributed by atoms with Crippen molar-refractivity contribution in [2.75, 3.05) is 0 Å². The molecular weight excluding hydrogens is 309 g/mol. The standard InChI is InChI=1S/2N3.4H3P.Ru/c2*1-3-2;;;;;/h;;4*1H3;/q2*-1;;;;;+2. The molecule has 0 bridgehead atoms. The van der Waals surface area contributed by atoms with Crippen LogP contribution in [0.1, 0.15) is 0 Å². The van der Waals surface area contributed by atoms with Gasteiger partial charge in [0.25, 0.3) is 0 Å². The quantitative estimate of drug-likeness (QED) is 0.213. The van der Waals surface area contributed by atoms with Gasteiger partial charge in [-0.2, -0.15) is 39.6 Å². The molecule has 0 aromatic carbocycles. The minimum atomic E-state index is 0. The molecule has 4 atom stereocenters. The van der Waals surface area contributed by atoms with E-state index in [9.17, 15) is 0 Å². The number of nitrogens with zero attached hydrogens (tertiary/aromatic N) is 6. The molecule has 0 heterocycles. The molecule has 0 radical (unpaired) electrons. The largest absolute Gasteiger partial charge is 2.00 e. The second-order valence-corrected chi connectivity index (χ2v) is 0.179. The minimum absolute atomic E-state index is 0. The predicted octanol–water partition coefficient (Wildman–Crippen LogP) is 1.96. The minimum Gasteiger partial charge on any atom is -0.373 e. The van der Waals surface area contributed by atoms with E-state index < -0.39 is 0 Å². The van der Waals surface area contributed by atoms with Crippen molar-refractivity contribution in [3.8, 4) is 0 Å². The van der Waals surface area contributed by atoms with Crippen LogP contribution in [0.3, 0.4) is 0 Å². The van der Waals surface area contributed by atoms with E-state index in [1.807, 2.05) is 0 Å². The van der Waals surface area contributed by atoms with Gasteiger partial charge in [0.15, 0.2) is 0 Å². The van der Waals surface area contributed by atoms with Crippen LogP contribution in [-0.2, 0) is 19.5 Å². The Morgan fingerprint density at radius 2 is 0.545 bits per heavy atom. The van der Waals surface area contributed by atoms with E-state index in [-0.39, 0.29) is 59.1 Å². The molecule has 11 heavy (non-hydrogen) atoms. The maximum atomic E-state index is 6.75. The molecule has 0 aliphatic rings. The van der Waals surface area contributed by atoms with Gasteiger partial charge >= 0.3 is 19.5 Å². The summed E-state index contributed by atoms with van der Waals surface area (Å²) in [5.74, 6) is 0. The summed E-state index contributed by atoms with van der Waals surface area (Å²) >= 11 is 0. The average molecular weight is 321 g/mol. The zero-order chi connectivity index (χ0) is 5.41. The first kappa shape index (κ1) is 58.4. The molecule has 4 unspecified atom stereocenters. The van der Waals surface area contributed by atoms with Gasteiger partial charge in [0, 0.05) is 0 Å². The van der Waals surface area contributed by atoms with Gasteiger partial charge in [-0.15, -0.1) is 0 Å². The third-order valence-corrected chi connectivity index (χ3v) is 0. The van der Waals surface area contributed by atoms with Gasteiger partial charge < -0.3 is 22.1 Å². The third kappa shape index (κ3) is 949. The number of rotatable bonds is 0. The van der Waals surface area contributed by atoms with Crippen LogP contribution in [0.2, 0.25) is 0 Å². The average Bonchev–Trinajstić information content (AvgIpc) is 1.39. The van der Waals surface area contributed by atoms with Crippen molar-refractivity contribution >= 4 is 39.6 Å². The fourth-order valence-electron chi connectivity index (χ4n) is 0. The van der Waals surface area contributed by atoms with Crippen molar-refractivity contribution in [2.24, 2.45) is 0 Å². The Morgan fingerprint density at radius 1 is 0.545 bits per heavy atom. The molecule has 0 aromatic rings. The van der Waals surface area contributed by atoms with Crippen molar-refractivity contribution in [3.63, 3.8) is 0 Å². The van der Waals surface area contributed by atoms with E-state index in [1.54, 1.807) is 0 Å². The molecule has 0 spiro atoms. The zero-order valence-corrected chi connectivity index (χ0v) is 13.3. The summed E-state index contributed by atoms with van der Waals surface area (Å²) < 4.78 is 0. The Morgan fingerprint density at radius 3 is 0.545 bits per heavy atom. The molecule has 0 amide bonds. The van der Waals surface area contributed by atoms with Crippen molar-refractivity contribution in [3.05, 3.63) is 31.9 Å². The summed E-state index contributed by atoms with van der Waals surface area (Å²) in [7, 11) is 0. The first-order valence-electron chi connectivity index (χ1n) is 0.800. The molecule has 0 aliphatic carbocycles. The summed E-state index contributed by atoms with van der Waals surface area (Å²) in [5.41, 5.74) is 27.0. The molecule has 0 fully saturated rings. The Kier molecular flexibility index (Phi) is 658. The van der Waals surface area contributed by atoms with Crippen LogP contribution in [0.25, 0.3) is 31.9 Å². The first-order valence-corrected chi connectivity index (χ1v) is 0.800. The van der Waals surface area contributed by atoms with Crippen LogP contribution in [0.15, 0.2) is 0 Å². The number of hydrogen-bond acceptors (Lipinski definition) is 0. The van der Waals surface area contributed by atoms with Gasteiger partial charge in [0.05, 0.1) is 0 Å². The molecule has 0 saturated carbocycles. The summed E-state index contributed by atoms with van der Waals surface area (Å²) in [6.07, 6.45) is 0. The van der Waals surface area contributed by atoms with Crippen LogP contribution in [-0.4, -0.2) is 0 Å². The second kappa shape index (κ2) is 124. The monoisotopic (exact) mass is 322 g/mol. The summed E-state index contributed by atoms with van der Waals surface area (Å²) in [4.78, 5) is 3.00. The van der Waals surface area contributed by atoms with E-state index in [4.69, 9.17) is 22.1 Å². The molecule has 0 saturated heterocycles.